The second-order valence-electron chi connectivity index (χ2n) is 6.55. The Kier molecular flexibility index (Phi) is 7.42. The van der Waals surface area contributed by atoms with Crippen molar-refractivity contribution in [3.63, 3.8) is 0 Å². The lowest BCUT2D eigenvalue weighted by atomic mass is 9.89. The van der Waals surface area contributed by atoms with Crippen LogP contribution in [0.2, 0.25) is 0 Å². The first-order chi connectivity index (χ1) is 11.6. The SMILES string of the molecule is Cc1cccc(Oc2cnccc2OC(C)(C)C(C)(C)O)c1.OBO. The molecular weight excluding hydrogens is 321 g/mol. The molecule has 0 amide bonds. The summed E-state index contributed by atoms with van der Waals surface area (Å²) >= 11 is 0. The van der Waals surface area contributed by atoms with Gasteiger partial charge in [-0.25, -0.2) is 0 Å². The number of hydrogen-bond acceptors (Lipinski definition) is 6. The van der Waals surface area contributed by atoms with Crippen LogP contribution in [0.15, 0.2) is 42.7 Å². The van der Waals surface area contributed by atoms with Gasteiger partial charge in [0, 0.05) is 12.3 Å². The van der Waals surface area contributed by atoms with Gasteiger partial charge in [-0.1, -0.05) is 12.1 Å². The van der Waals surface area contributed by atoms with E-state index in [4.69, 9.17) is 19.5 Å². The largest absolute Gasteiger partial charge is 0.481 e. The Morgan fingerprint density at radius 1 is 1.04 bits per heavy atom. The highest BCUT2D eigenvalue weighted by Crippen LogP contribution is 2.35. The van der Waals surface area contributed by atoms with Gasteiger partial charge in [0.1, 0.15) is 11.4 Å². The Bertz CT molecular complexity index is 671. The van der Waals surface area contributed by atoms with Gasteiger partial charge >= 0.3 is 7.69 Å². The van der Waals surface area contributed by atoms with Crippen molar-refractivity contribution in [3.05, 3.63) is 48.3 Å². The summed E-state index contributed by atoms with van der Waals surface area (Å²) in [6, 6.07) is 9.49. The van der Waals surface area contributed by atoms with Crippen molar-refractivity contribution < 1.29 is 24.6 Å². The maximum atomic E-state index is 10.2. The molecule has 0 atom stereocenters. The molecule has 2 rings (SSSR count). The quantitative estimate of drug-likeness (QED) is 0.719. The Labute approximate surface area is 149 Å². The summed E-state index contributed by atoms with van der Waals surface area (Å²) < 4.78 is 11.9. The van der Waals surface area contributed by atoms with Crippen molar-refractivity contribution in [2.24, 2.45) is 0 Å². The summed E-state index contributed by atoms with van der Waals surface area (Å²) in [5.41, 5.74) is -0.670. The number of rotatable bonds is 5. The standard InChI is InChI=1S/C18H23NO3.BH3O2/c1-13-7-6-8-14(11-13)21-16-12-19-10-9-15(16)22-18(4,5)17(2,3)20;2-1-3/h6-12,20H,1-5H3;1-3H. The van der Waals surface area contributed by atoms with Gasteiger partial charge in [-0.3, -0.25) is 4.98 Å². The Balaban J connectivity index is 0.000000970. The minimum absolute atomic E-state index is 0.519. The van der Waals surface area contributed by atoms with Crippen LogP contribution in [0.1, 0.15) is 33.3 Å². The van der Waals surface area contributed by atoms with Crippen molar-refractivity contribution in [2.45, 2.75) is 45.8 Å². The number of pyridine rings is 1. The van der Waals surface area contributed by atoms with Crippen LogP contribution in [0.4, 0.5) is 0 Å². The molecule has 0 radical (unpaired) electrons. The van der Waals surface area contributed by atoms with E-state index in [0.717, 1.165) is 11.3 Å². The number of aliphatic hydroxyl groups is 1. The van der Waals surface area contributed by atoms with E-state index >= 15 is 0 Å². The average Bonchev–Trinajstić information content (AvgIpc) is 2.49. The monoisotopic (exact) mass is 347 g/mol. The van der Waals surface area contributed by atoms with Crippen LogP contribution in [-0.2, 0) is 0 Å². The topological polar surface area (TPSA) is 92.0 Å². The highest BCUT2D eigenvalue weighted by atomic mass is 16.5. The molecule has 0 aliphatic rings. The lowest BCUT2D eigenvalue weighted by Gasteiger charge is -2.37. The van der Waals surface area contributed by atoms with E-state index in [-0.39, 0.29) is 0 Å². The third kappa shape index (κ3) is 6.38. The molecule has 1 aromatic heterocycles. The van der Waals surface area contributed by atoms with Crippen LogP contribution in [0.25, 0.3) is 0 Å². The van der Waals surface area contributed by atoms with Gasteiger partial charge in [0.05, 0.1) is 11.8 Å². The van der Waals surface area contributed by atoms with Crippen molar-refractivity contribution in [2.75, 3.05) is 0 Å². The number of ether oxygens (including phenoxy) is 2. The van der Waals surface area contributed by atoms with Crippen LogP contribution >= 0.6 is 0 Å². The van der Waals surface area contributed by atoms with Crippen LogP contribution in [0.3, 0.4) is 0 Å². The predicted octanol–water partition coefficient (Wildman–Crippen LogP) is 2.35. The van der Waals surface area contributed by atoms with Gasteiger partial charge in [0.25, 0.3) is 0 Å². The van der Waals surface area contributed by atoms with Gasteiger partial charge in [-0.05, 0) is 52.3 Å². The number of nitrogens with zero attached hydrogens (tertiary/aromatic N) is 1. The summed E-state index contributed by atoms with van der Waals surface area (Å²) in [4.78, 5) is 4.09. The normalized spacial score (nSPS) is 11.2. The summed E-state index contributed by atoms with van der Waals surface area (Å²) in [5, 5.41) is 24.5. The van der Waals surface area contributed by atoms with Gasteiger partial charge in [0.2, 0.25) is 0 Å². The van der Waals surface area contributed by atoms with Crippen molar-refractivity contribution in [1.82, 2.24) is 4.98 Å². The second-order valence-corrected chi connectivity index (χ2v) is 6.55. The molecule has 7 heteroatoms. The van der Waals surface area contributed by atoms with Crippen molar-refractivity contribution in [1.29, 1.82) is 0 Å². The Morgan fingerprint density at radius 3 is 2.24 bits per heavy atom. The van der Waals surface area contributed by atoms with E-state index in [0.29, 0.717) is 11.5 Å². The number of hydrogen-bond donors (Lipinski definition) is 3. The molecule has 0 aliphatic heterocycles. The van der Waals surface area contributed by atoms with E-state index < -0.39 is 18.9 Å². The lowest BCUT2D eigenvalue weighted by Crippen LogP contribution is -2.49. The van der Waals surface area contributed by atoms with E-state index in [1.54, 1.807) is 32.3 Å². The second kappa shape index (κ2) is 8.85. The molecule has 0 fully saturated rings. The Morgan fingerprint density at radius 2 is 1.68 bits per heavy atom. The summed E-state index contributed by atoms with van der Waals surface area (Å²) in [6.07, 6.45) is 3.25. The molecule has 2 aromatic rings. The molecule has 136 valence electrons. The minimum atomic E-state index is -1.00. The number of aryl methyl sites for hydroxylation is 1. The third-order valence-electron chi connectivity index (χ3n) is 3.80. The van der Waals surface area contributed by atoms with Crippen LogP contribution in [0.5, 0.6) is 17.2 Å². The summed E-state index contributed by atoms with van der Waals surface area (Å²) in [7, 11) is -0.750. The molecule has 6 nitrogen and oxygen atoms in total. The molecule has 3 N–H and O–H groups in total. The molecule has 0 spiro atoms. The molecule has 25 heavy (non-hydrogen) atoms. The maximum Gasteiger partial charge on any atom is 0.432 e. The Hall–Kier alpha value is -2.09. The van der Waals surface area contributed by atoms with Gasteiger partial charge in [-0.15, -0.1) is 0 Å². The van der Waals surface area contributed by atoms with Crippen molar-refractivity contribution in [3.8, 4) is 17.2 Å². The highest BCUT2D eigenvalue weighted by molar-refractivity contribution is 6.13. The minimum Gasteiger partial charge on any atom is -0.481 e. The molecule has 0 aliphatic carbocycles. The fourth-order valence-electron chi connectivity index (χ4n) is 1.73. The summed E-state index contributed by atoms with van der Waals surface area (Å²) in [6.45, 7) is 9.11. The molecule has 0 bridgehead atoms. The van der Waals surface area contributed by atoms with Crippen molar-refractivity contribution >= 4 is 7.69 Å². The molecule has 1 heterocycles. The van der Waals surface area contributed by atoms with E-state index in [1.807, 2.05) is 45.0 Å². The smallest absolute Gasteiger partial charge is 0.432 e. The lowest BCUT2D eigenvalue weighted by molar-refractivity contribution is -0.0913. The van der Waals surface area contributed by atoms with E-state index in [2.05, 4.69) is 4.98 Å². The molecule has 0 saturated heterocycles. The van der Waals surface area contributed by atoms with E-state index in [1.165, 1.54) is 0 Å². The number of aromatic nitrogens is 1. The summed E-state index contributed by atoms with van der Waals surface area (Å²) in [5.74, 6) is 1.79. The van der Waals surface area contributed by atoms with Gasteiger partial charge in [0.15, 0.2) is 11.5 Å². The molecule has 1 aromatic carbocycles. The first-order valence-corrected chi connectivity index (χ1v) is 7.92. The zero-order valence-corrected chi connectivity index (χ0v) is 15.4. The van der Waals surface area contributed by atoms with E-state index in [9.17, 15) is 5.11 Å². The average molecular weight is 347 g/mol. The van der Waals surface area contributed by atoms with Crippen LogP contribution < -0.4 is 9.47 Å². The first kappa shape index (κ1) is 21.0. The molecular formula is C18H26BNO5. The predicted molar refractivity (Wildman–Crippen MR) is 98.1 cm³/mol. The maximum absolute atomic E-state index is 10.2. The molecule has 0 saturated carbocycles. The zero-order chi connectivity index (χ0) is 19.1. The number of benzene rings is 1. The van der Waals surface area contributed by atoms with Crippen LogP contribution in [0, 0.1) is 6.92 Å². The fraction of sp³-hybridized carbons (Fsp3) is 0.389. The third-order valence-corrected chi connectivity index (χ3v) is 3.80. The van der Waals surface area contributed by atoms with Gasteiger partial charge < -0.3 is 24.6 Å². The molecule has 0 unspecified atom stereocenters. The zero-order valence-electron chi connectivity index (χ0n) is 15.4. The fourth-order valence-corrected chi connectivity index (χ4v) is 1.73. The van der Waals surface area contributed by atoms with Crippen LogP contribution in [-0.4, -0.2) is 39.0 Å². The van der Waals surface area contributed by atoms with Gasteiger partial charge in [-0.2, -0.15) is 0 Å². The highest BCUT2D eigenvalue weighted by Gasteiger charge is 2.38. The first-order valence-electron chi connectivity index (χ1n) is 7.92.